The lowest BCUT2D eigenvalue weighted by atomic mass is 10.1. The number of hydrogen-bond acceptors (Lipinski definition) is 3. The highest BCUT2D eigenvalue weighted by Crippen LogP contribution is 2.10. The van der Waals surface area contributed by atoms with E-state index in [4.69, 9.17) is 5.26 Å². The average molecular weight is 234 g/mol. The Morgan fingerprint density at radius 1 is 1.50 bits per heavy atom. The molecule has 1 aromatic rings. The van der Waals surface area contributed by atoms with Crippen molar-refractivity contribution >= 4 is 18.5 Å². The molecule has 1 atom stereocenters. The van der Waals surface area contributed by atoms with Gasteiger partial charge >= 0.3 is 0 Å². The van der Waals surface area contributed by atoms with Crippen LogP contribution in [-0.2, 0) is 0 Å². The lowest BCUT2D eigenvalue weighted by molar-refractivity contribution is 0.0785. The number of hydrogen-bond donors (Lipinski definition) is 1. The van der Waals surface area contributed by atoms with Crippen LogP contribution in [0.2, 0.25) is 0 Å². The highest BCUT2D eigenvalue weighted by molar-refractivity contribution is 7.80. The van der Waals surface area contributed by atoms with Gasteiger partial charge in [-0.25, -0.2) is 0 Å². The maximum Gasteiger partial charge on any atom is 0.253 e. The van der Waals surface area contributed by atoms with E-state index in [1.54, 1.807) is 43.1 Å². The number of nitriles is 1. The van der Waals surface area contributed by atoms with Crippen molar-refractivity contribution in [2.45, 2.75) is 11.8 Å². The van der Waals surface area contributed by atoms with Crippen LogP contribution < -0.4 is 0 Å². The van der Waals surface area contributed by atoms with Crippen molar-refractivity contribution < 1.29 is 4.79 Å². The fraction of sp³-hybridized carbons (Fsp3) is 0.333. The van der Waals surface area contributed by atoms with Gasteiger partial charge in [0.15, 0.2) is 0 Å². The number of thiol groups is 1. The van der Waals surface area contributed by atoms with Crippen LogP contribution in [-0.4, -0.2) is 24.4 Å². The molecule has 0 spiro atoms. The van der Waals surface area contributed by atoms with Gasteiger partial charge in [0.05, 0.1) is 12.0 Å². The second-order valence-corrected chi connectivity index (χ2v) is 4.28. The van der Waals surface area contributed by atoms with Crippen molar-refractivity contribution in [2.75, 3.05) is 13.6 Å². The first-order chi connectivity index (χ1) is 7.54. The standard InChI is InChI=1S/C12H14N2OS/c1-9(7-13)8-14(2)12(15)10-3-5-11(16)6-4-10/h3-6,9,16H,8H2,1-2H3. The third-order valence-corrected chi connectivity index (χ3v) is 2.53. The summed E-state index contributed by atoms with van der Waals surface area (Å²) in [5.41, 5.74) is 0.616. The summed E-state index contributed by atoms with van der Waals surface area (Å²) >= 11 is 4.15. The minimum absolute atomic E-state index is 0.0737. The summed E-state index contributed by atoms with van der Waals surface area (Å²) in [6.45, 7) is 2.23. The molecule has 0 N–H and O–H groups in total. The van der Waals surface area contributed by atoms with Crippen LogP contribution >= 0.6 is 12.6 Å². The van der Waals surface area contributed by atoms with E-state index in [9.17, 15) is 4.79 Å². The van der Waals surface area contributed by atoms with Crippen molar-refractivity contribution in [3.8, 4) is 6.07 Å². The van der Waals surface area contributed by atoms with Gasteiger partial charge in [-0.15, -0.1) is 12.6 Å². The topological polar surface area (TPSA) is 44.1 Å². The molecule has 0 aliphatic heterocycles. The van der Waals surface area contributed by atoms with Gasteiger partial charge in [0, 0.05) is 24.1 Å². The van der Waals surface area contributed by atoms with Crippen molar-refractivity contribution in [3.63, 3.8) is 0 Å². The van der Waals surface area contributed by atoms with Crippen LogP contribution in [0.15, 0.2) is 29.2 Å². The molecule has 84 valence electrons. The first-order valence-electron chi connectivity index (χ1n) is 4.98. The molecule has 3 nitrogen and oxygen atoms in total. The van der Waals surface area contributed by atoms with Crippen molar-refractivity contribution in [1.82, 2.24) is 4.90 Å². The summed E-state index contributed by atoms with van der Waals surface area (Å²) in [6.07, 6.45) is 0. The Hall–Kier alpha value is -1.47. The van der Waals surface area contributed by atoms with Gasteiger partial charge < -0.3 is 4.90 Å². The Kier molecular flexibility index (Phi) is 4.39. The molecule has 1 amide bonds. The quantitative estimate of drug-likeness (QED) is 0.815. The van der Waals surface area contributed by atoms with Gasteiger partial charge in [-0.1, -0.05) is 0 Å². The van der Waals surface area contributed by atoms with E-state index in [0.29, 0.717) is 12.1 Å². The largest absolute Gasteiger partial charge is 0.340 e. The molecule has 1 unspecified atom stereocenters. The number of amides is 1. The lowest BCUT2D eigenvalue weighted by Gasteiger charge is -2.18. The van der Waals surface area contributed by atoms with E-state index in [-0.39, 0.29) is 11.8 Å². The molecule has 4 heteroatoms. The van der Waals surface area contributed by atoms with E-state index in [1.807, 2.05) is 0 Å². The SMILES string of the molecule is CC(C#N)CN(C)C(=O)c1ccc(S)cc1. The highest BCUT2D eigenvalue weighted by atomic mass is 32.1. The van der Waals surface area contributed by atoms with E-state index >= 15 is 0 Å². The predicted molar refractivity (Wildman–Crippen MR) is 65.4 cm³/mol. The first-order valence-corrected chi connectivity index (χ1v) is 5.43. The van der Waals surface area contributed by atoms with Crippen LogP contribution in [0.1, 0.15) is 17.3 Å². The molecule has 16 heavy (non-hydrogen) atoms. The molecule has 0 saturated heterocycles. The molecular weight excluding hydrogens is 220 g/mol. The second-order valence-electron chi connectivity index (χ2n) is 3.76. The molecular formula is C12H14N2OS. The lowest BCUT2D eigenvalue weighted by Crippen LogP contribution is -2.30. The number of nitrogens with zero attached hydrogens (tertiary/aromatic N) is 2. The molecule has 1 rings (SSSR count). The van der Waals surface area contributed by atoms with Crippen LogP contribution in [0.25, 0.3) is 0 Å². The molecule has 0 saturated carbocycles. The molecule has 1 aromatic carbocycles. The van der Waals surface area contributed by atoms with Gasteiger partial charge in [0.25, 0.3) is 5.91 Å². The summed E-state index contributed by atoms with van der Waals surface area (Å²) in [6, 6.07) is 9.13. The zero-order valence-electron chi connectivity index (χ0n) is 9.34. The summed E-state index contributed by atoms with van der Waals surface area (Å²) in [7, 11) is 1.70. The van der Waals surface area contributed by atoms with E-state index in [1.165, 1.54) is 0 Å². The second kappa shape index (κ2) is 5.57. The number of benzene rings is 1. The fourth-order valence-electron chi connectivity index (χ4n) is 1.36. The van der Waals surface area contributed by atoms with Gasteiger partial charge in [0.2, 0.25) is 0 Å². The van der Waals surface area contributed by atoms with Gasteiger partial charge in [-0.2, -0.15) is 5.26 Å². The van der Waals surface area contributed by atoms with E-state index in [2.05, 4.69) is 18.7 Å². The minimum atomic E-state index is -0.155. The zero-order valence-corrected chi connectivity index (χ0v) is 10.2. The van der Waals surface area contributed by atoms with Crippen LogP contribution in [0.3, 0.4) is 0 Å². The highest BCUT2D eigenvalue weighted by Gasteiger charge is 2.13. The number of carbonyl (C=O) groups excluding carboxylic acids is 1. The first kappa shape index (κ1) is 12.6. The monoisotopic (exact) mass is 234 g/mol. The maximum atomic E-state index is 11.9. The summed E-state index contributed by atoms with van der Waals surface area (Å²) in [5, 5.41) is 8.67. The van der Waals surface area contributed by atoms with Crippen molar-refractivity contribution in [3.05, 3.63) is 29.8 Å². The molecule has 0 bridgehead atoms. The fourth-order valence-corrected chi connectivity index (χ4v) is 1.51. The molecule has 0 fully saturated rings. The Labute approximate surface area is 101 Å². The van der Waals surface area contributed by atoms with Gasteiger partial charge in [-0.3, -0.25) is 4.79 Å². The zero-order chi connectivity index (χ0) is 12.1. The van der Waals surface area contributed by atoms with Crippen LogP contribution in [0.4, 0.5) is 0 Å². The Bertz CT molecular complexity index is 408. The Morgan fingerprint density at radius 2 is 2.06 bits per heavy atom. The molecule has 0 aliphatic carbocycles. The molecule has 0 heterocycles. The van der Waals surface area contributed by atoms with Crippen molar-refractivity contribution in [2.24, 2.45) is 5.92 Å². The van der Waals surface area contributed by atoms with Crippen LogP contribution in [0, 0.1) is 17.2 Å². The number of carbonyl (C=O) groups is 1. The number of rotatable bonds is 3. The van der Waals surface area contributed by atoms with Gasteiger partial charge in [0.1, 0.15) is 0 Å². The third-order valence-electron chi connectivity index (χ3n) is 2.23. The smallest absolute Gasteiger partial charge is 0.253 e. The van der Waals surface area contributed by atoms with Crippen LogP contribution in [0.5, 0.6) is 0 Å². The van der Waals surface area contributed by atoms with E-state index < -0.39 is 0 Å². The summed E-state index contributed by atoms with van der Waals surface area (Å²) < 4.78 is 0. The van der Waals surface area contributed by atoms with Crippen molar-refractivity contribution in [1.29, 1.82) is 5.26 Å². The predicted octanol–water partition coefficient (Wildman–Crippen LogP) is 2.21. The summed E-state index contributed by atoms with van der Waals surface area (Å²) in [5.74, 6) is -0.228. The Balaban J connectivity index is 2.71. The molecule has 0 radical (unpaired) electrons. The molecule has 0 aromatic heterocycles. The van der Waals surface area contributed by atoms with Gasteiger partial charge in [-0.05, 0) is 31.2 Å². The minimum Gasteiger partial charge on any atom is -0.340 e. The average Bonchev–Trinajstić information content (AvgIpc) is 2.28. The summed E-state index contributed by atoms with van der Waals surface area (Å²) in [4.78, 5) is 14.3. The maximum absolute atomic E-state index is 11.9. The molecule has 0 aliphatic rings. The normalized spacial score (nSPS) is 11.6. The Morgan fingerprint density at radius 3 is 2.56 bits per heavy atom. The van der Waals surface area contributed by atoms with E-state index in [0.717, 1.165) is 4.90 Å². The third kappa shape index (κ3) is 3.28.